The van der Waals surface area contributed by atoms with Crippen LogP contribution in [-0.2, 0) is 17.4 Å². The summed E-state index contributed by atoms with van der Waals surface area (Å²) in [5.41, 5.74) is 13.1. The van der Waals surface area contributed by atoms with E-state index in [9.17, 15) is 0 Å². The summed E-state index contributed by atoms with van der Waals surface area (Å²) in [5, 5.41) is 11.4. The minimum atomic E-state index is 0.0210. The van der Waals surface area contributed by atoms with Crippen LogP contribution in [0.1, 0.15) is 69.4 Å². The van der Waals surface area contributed by atoms with Crippen LogP contribution in [-0.4, -0.2) is 26.0 Å². The van der Waals surface area contributed by atoms with E-state index < -0.39 is 0 Å². The van der Waals surface area contributed by atoms with Crippen molar-refractivity contribution in [1.82, 2.24) is 19.3 Å². The summed E-state index contributed by atoms with van der Waals surface area (Å²) in [7, 11) is 0. The van der Waals surface area contributed by atoms with Gasteiger partial charge >= 0.3 is 0 Å². The molecule has 0 atom stereocenters. The molecule has 0 spiro atoms. The van der Waals surface area contributed by atoms with Gasteiger partial charge in [-0.2, -0.15) is 0 Å². The number of nitrogens with zero attached hydrogens (tertiary/aromatic N) is 6. The summed E-state index contributed by atoms with van der Waals surface area (Å²) in [6.07, 6.45) is 1.81. The molecule has 0 bridgehead atoms. The van der Waals surface area contributed by atoms with E-state index >= 15 is 0 Å². The van der Waals surface area contributed by atoms with E-state index in [0.29, 0.717) is 0 Å². The zero-order valence-electron chi connectivity index (χ0n) is 34.2. The maximum absolute atomic E-state index is 6.75. The van der Waals surface area contributed by atoms with Crippen molar-refractivity contribution in [2.45, 2.75) is 72.8 Å². The first-order chi connectivity index (χ1) is 27.3. The number of anilines is 3. The third-order valence-corrected chi connectivity index (χ3v) is 11.4. The van der Waals surface area contributed by atoms with Gasteiger partial charge in [-0.15, -0.1) is 10.2 Å². The predicted molar refractivity (Wildman–Crippen MR) is 235 cm³/mol. The molecule has 0 aliphatic carbocycles. The van der Waals surface area contributed by atoms with Crippen molar-refractivity contribution in [1.29, 1.82) is 0 Å². The molecule has 0 saturated carbocycles. The van der Waals surface area contributed by atoms with Crippen molar-refractivity contribution in [3.63, 3.8) is 0 Å². The molecule has 1 aliphatic rings. The molecule has 0 fully saturated rings. The highest BCUT2D eigenvalue weighted by molar-refractivity contribution is 6.09. The highest BCUT2D eigenvalue weighted by atomic mass is 16.5. The number of fused-ring (bicyclic) bond motifs is 4. The van der Waals surface area contributed by atoms with E-state index in [1.54, 1.807) is 0 Å². The summed E-state index contributed by atoms with van der Waals surface area (Å²) in [6.45, 7) is 19.5. The van der Waals surface area contributed by atoms with Gasteiger partial charge in [0.1, 0.15) is 17.8 Å². The maximum Gasteiger partial charge on any atom is 0.240 e. The average Bonchev–Trinajstić information content (AvgIpc) is 3.88. The number of benzene rings is 6. The molecular weight excluding hydrogens is 701 g/mol. The molecule has 7 heteroatoms. The van der Waals surface area contributed by atoms with Gasteiger partial charge in [-0.3, -0.25) is 9.13 Å². The zero-order valence-corrected chi connectivity index (χ0v) is 34.2. The summed E-state index contributed by atoms with van der Waals surface area (Å²) in [4.78, 5) is 4.91. The van der Waals surface area contributed by atoms with Gasteiger partial charge in [0.2, 0.25) is 5.95 Å². The number of aromatic nitrogens is 4. The van der Waals surface area contributed by atoms with E-state index in [1.165, 1.54) is 28.1 Å². The average molecular weight is 751 g/mol. The van der Waals surface area contributed by atoms with Crippen LogP contribution < -0.4 is 14.5 Å². The topological polar surface area (TPSA) is 51.4 Å². The Morgan fingerprint density at radius 1 is 0.614 bits per heavy atom. The third kappa shape index (κ3) is 6.61. The van der Waals surface area contributed by atoms with Crippen LogP contribution in [0.15, 0.2) is 134 Å². The molecule has 286 valence electrons. The van der Waals surface area contributed by atoms with Crippen LogP contribution in [0, 0.1) is 13.8 Å². The summed E-state index contributed by atoms with van der Waals surface area (Å²) in [5.74, 6) is 2.26. The van der Waals surface area contributed by atoms with Crippen LogP contribution >= 0.6 is 0 Å². The lowest BCUT2D eigenvalue weighted by molar-refractivity contribution is 0.483. The van der Waals surface area contributed by atoms with E-state index in [0.717, 1.165) is 75.0 Å². The fourth-order valence-electron chi connectivity index (χ4n) is 8.31. The largest absolute Gasteiger partial charge is 0.457 e. The van der Waals surface area contributed by atoms with Crippen molar-refractivity contribution in [2.75, 3.05) is 16.5 Å². The molecule has 57 heavy (non-hydrogen) atoms. The maximum atomic E-state index is 6.75. The lowest BCUT2D eigenvalue weighted by Crippen LogP contribution is -2.27. The summed E-state index contributed by atoms with van der Waals surface area (Å²) in [6, 6.07) is 45.7. The number of ether oxygens (including phenoxy) is 1. The molecule has 0 unspecified atom stereocenters. The van der Waals surface area contributed by atoms with Crippen molar-refractivity contribution in [3.05, 3.63) is 162 Å². The molecule has 0 amide bonds. The van der Waals surface area contributed by atoms with Crippen LogP contribution in [0.4, 0.5) is 17.1 Å². The highest BCUT2D eigenvalue weighted by Crippen LogP contribution is 2.45. The SMILES string of the molecule is Cc1cccc(C)c1-n1cnnc1-n1c2ccccc2c2ccc(Oc3cccc(N4CN(Cc5cccc(C(C)(C)C)c5)c5ccc(C(C)(C)C)cc54)c3)cc21. The Morgan fingerprint density at radius 2 is 1.32 bits per heavy atom. The van der Waals surface area contributed by atoms with E-state index in [-0.39, 0.29) is 10.8 Å². The van der Waals surface area contributed by atoms with Crippen molar-refractivity contribution in [3.8, 4) is 23.1 Å². The Balaban J connectivity index is 1.08. The molecule has 1 aliphatic heterocycles. The lowest BCUT2D eigenvalue weighted by atomic mass is 9.86. The standard InChI is InChI=1S/C50H50N6O/c1-33-14-11-15-34(2)47(33)54-31-51-52-48(54)56-43-21-10-9-20-41(43)42-24-23-40(29-45(42)56)57-39-19-13-18-38(28-39)55-32-53(30-35-16-12-17-36(26-35)49(3,4)5)44-25-22-37(27-46(44)55)50(6,7)8/h9-29,31H,30,32H2,1-8H3. The van der Waals surface area contributed by atoms with Gasteiger partial charge in [-0.1, -0.05) is 114 Å². The first-order valence-electron chi connectivity index (χ1n) is 19.9. The van der Waals surface area contributed by atoms with E-state index in [4.69, 9.17) is 9.84 Å². The fourth-order valence-corrected chi connectivity index (χ4v) is 8.31. The van der Waals surface area contributed by atoms with Gasteiger partial charge in [0, 0.05) is 35.1 Å². The lowest BCUT2D eigenvalue weighted by Gasteiger charge is -2.24. The molecule has 0 N–H and O–H groups in total. The van der Waals surface area contributed by atoms with Crippen LogP contribution in [0.2, 0.25) is 0 Å². The van der Waals surface area contributed by atoms with Gasteiger partial charge in [-0.05, 0) is 95.0 Å². The fraction of sp³-hybridized carbons (Fsp3) is 0.240. The summed E-state index contributed by atoms with van der Waals surface area (Å²) < 4.78 is 11.0. The van der Waals surface area contributed by atoms with Gasteiger partial charge in [0.15, 0.2) is 0 Å². The first kappa shape index (κ1) is 36.3. The predicted octanol–water partition coefficient (Wildman–Crippen LogP) is 12.5. The first-order valence-corrected chi connectivity index (χ1v) is 19.9. The Labute approximate surface area is 335 Å². The monoisotopic (exact) mass is 750 g/mol. The van der Waals surface area contributed by atoms with Crippen LogP contribution in [0.3, 0.4) is 0 Å². The van der Waals surface area contributed by atoms with Crippen molar-refractivity contribution < 1.29 is 4.74 Å². The molecule has 6 aromatic carbocycles. The van der Waals surface area contributed by atoms with Crippen molar-refractivity contribution >= 4 is 38.9 Å². The quantitative estimate of drug-likeness (QED) is 0.162. The van der Waals surface area contributed by atoms with E-state index in [2.05, 4.69) is 201 Å². The van der Waals surface area contributed by atoms with Gasteiger partial charge in [0.05, 0.1) is 34.8 Å². The highest BCUT2D eigenvalue weighted by Gasteiger charge is 2.30. The number of para-hydroxylation sites is 2. The van der Waals surface area contributed by atoms with Gasteiger partial charge in [0.25, 0.3) is 0 Å². The van der Waals surface area contributed by atoms with Crippen molar-refractivity contribution in [2.24, 2.45) is 0 Å². The normalized spacial score (nSPS) is 13.2. The van der Waals surface area contributed by atoms with E-state index in [1.807, 2.05) is 12.4 Å². The number of rotatable bonds is 7. The second kappa shape index (κ2) is 13.7. The number of hydrogen-bond acceptors (Lipinski definition) is 5. The zero-order chi connectivity index (χ0) is 39.6. The Bertz CT molecular complexity index is 2780. The molecule has 3 heterocycles. The Morgan fingerprint density at radius 3 is 2.11 bits per heavy atom. The molecule has 0 radical (unpaired) electrons. The van der Waals surface area contributed by atoms with Gasteiger partial charge in [-0.25, -0.2) is 0 Å². The second-order valence-corrected chi connectivity index (χ2v) is 17.5. The molecular formula is C50H50N6O. The Kier molecular flexibility index (Phi) is 8.72. The second-order valence-electron chi connectivity index (χ2n) is 17.5. The number of hydrogen-bond donors (Lipinski definition) is 0. The Hall–Kier alpha value is -6.34. The molecule has 7 nitrogen and oxygen atoms in total. The third-order valence-electron chi connectivity index (χ3n) is 11.4. The van der Waals surface area contributed by atoms with Gasteiger partial charge < -0.3 is 14.5 Å². The van der Waals surface area contributed by atoms with Crippen LogP contribution in [0.25, 0.3) is 33.4 Å². The minimum absolute atomic E-state index is 0.0210. The minimum Gasteiger partial charge on any atom is -0.457 e. The molecule has 2 aromatic heterocycles. The molecule has 9 rings (SSSR count). The molecule has 0 saturated heterocycles. The van der Waals surface area contributed by atoms with Crippen LogP contribution in [0.5, 0.6) is 11.5 Å². The number of aryl methyl sites for hydroxylation is 2. The smallest absolute Gasteiger partial charge is 0.240 e. The molecule has 8 aromatic rings. The summed E-state index contributed by atoms with van der Waals surface area (Å²) >= 11 is 0.